The molecule has 3 aromatic rings. The second kappa shape index (κ2) is 10.5. The first-order valence-electron chi connectivity index (χ1n) is 13.7. The summed E-state index contributed by atoms with van der Waals surface area (Å²) in [6, 6.07) is 6.79. The monoisotopic (exact) mass is 530 g/mol. The van der Waals surface area contributed by atoms with Crippen LogP contribution in [0.1, 0.15) is 63.4 Å². The van der Waals surface area contributed by atoms with Crippen LogP contribution in [0.3, 0.4) is 0 Å². The first kappa shape index (κ1) is 27.0. The highest BCUT2D eigenvalue weighted by Gasteiger charge is 2.40. The van der Waals surface area contributed by atoms with Crippen molar-refractivity contribution in [3.8, 4) is 0 Å². The lowest BCUT2D eigenvalue weighted by atomic mass is 9.83. The fourth-order valence-electron chi connectivity index (χ4n) is 5.98. The fourth-order valence-corrected chi connectivity index (χ4v) is 5.98. The van der Waals surface area contributed by atoms with Crippen LogP contribution >= 0.6 is 0 Å². The lowest BCUT2D eigenvalue weighted by Crippen LogP contribution is -2.54. The number of aromatic amines is 1. The van der Waals surface area contributed by atoms with Gasteiger partial charge in [-0.1, -0.05) is 20.8 Å². The number of fused-ring (bicyclic) bond motifs is 3. The molecule has 8 heteroatoms. The third-order valence-corrected chi connectivity index (χ3v) is 8.43. The number of rotatable bonds is 9. The lowest BCUT2D eigenvalue weighted by Gasteiger charge is -2.44. The number of halogens is 4. The largest absolute Gasteiger partial charge is 0.380 e. The number of nitrogens with zero attached hydrogens (tertiary/aromatic N) is 2. The summed E-state index contributed by atoms with van der Waals surface area (Å²) in [7, 11) is 0. The molecule has 2 aliphatic rings. The SMILES string of the molecule is CCC(C)(C)CN1[C@H](c2c(F)cc(NC3CN(CCCF)C3)cc2F)c2[nH]c3ccc(F)cc3c2C[C@H]1C. The molecule has 0 unspecified atom stereocenters. The quantitative estimate of drug-likeness (QED) is 0.298. The molecule has 1 aromatic heterocycles. The number of H-pyrrole nitrogens is 1. The summed E-state index contributed by atoms with van der Waals surface area (Å²) in [5.41, 5.74) is 2.78. The first-order valence-corrected chi connectivity index (χ1v) is 13.7. The second-order valence-corrected chi connectivity index (χ2v) is 11.8. The number of likely N-dealkylation sites (tertiary alicyclic amines) is 1. The molecule has 0 spiro atoms. The predicted octanol–water partition coefficient (Wildman–Crippen LogP) is 6.81. The molecular weight excluding hydrogens is 492 g/mol. The molecule has 5 rings (SSSR count). The zero-order valence-corrected chi connectivity index (χ0v) is 22.7. The van der Waals surface area contributed by atoms with Crippen molar-refractivity contribution in [3.05, 3.63) is 64.6 Å². The van der Waals surface area contributed by atoms with Gasteiger partial charge in [0.2, 0.25) is 0 Å². The average molecular weight is 531 g/mol. The van der Waals surface area contributed by atoms with Crippen LogP contribution in [0.25, 0.3) is 10.9 Å². The maximum atomic E-state index is 15.9. The van der Waals surface area contributed by atoms with Gasteiger partial charge in [-0.05, 0) is 67.5 Å². The summed E-state index contributed by atoms with van der Waals surface area (Å²) in [5.74, 6) is -1.53. The smallest absolute Gasteiger partial charge is 0.133 e. The highest BCUT2D eigenvalue weighted by atomic mass is 19.1. The number of benzene rings is 2. The molecule has 0 aliphatic carbocycles. The molecule has 2 atom stereocenters. The third kappa shape index (κ3) is 5.17. The van der Waals surface area contributed by atoms with E-state index >= 15 is 8.78 Å². The minimum absolute atomic E-state index is 0.00229. The van der Waals surface area contributed by atoms with Crippen molar-refractivity contribution in [1.82, 2.24) is 14.8 Å². The van der Waals surface area contributed by atoms with Crippen molar-refractivity contribution in [2.24, 2.45) is 5.41 Å². The minimum Gasteiger partial charge on any atom is -0.380 e. The Morgan fingerprint density at radius 3 is 2.45 bits per heavy atom. The Morgan fingerprint density at radius 2 is 1.79 bits per heavy atom. The van der Waals surface area contributed by atoms with E-state index in [1.54, 1.807) is 6.07 Å². The molecule has 1 saturated heterocycles. The van der Waals surface area contributed by atoms with E-state index in [1.807, 2.05) is 0 Å². The number of hydrogen-bond donors (Lipinski definition) is 2. The number of nitrogens with one attached hydrogen (secondary N) is 2. The molecule has 206 valence electrons. The van der Waals surface area contributed by atoms with Crippen LogP contribution in [0.15, 0.2) is 30.3 Å². The van der Waals surface area contributed by atoms with Crippen molar-refractivity contribution in [2.75, 3.05) is 38.2 Å². The number of alkyl halides is 1. The highest BCUT2D eigenvalue weighted by molar-refractivity contribution is 5.85. The first-order chi connectivity index (χ1) is 18.1. The van der Waals surface area contributed by atoms with E-state index in [2.05, 4.69) is 47.8 Å². The van der Waals surface area contributed by atoms with E-state index in [0.29, 0.717) is 31.6 Å². The fraction of sp³-hybridized carbons (Fsp3) is 0.533. The van der Waals surface area contributed by atoms with Crippen molar-refractivity contribution in [2.45, 2.75) is 65.1 Å². The molecule has 2 aromatic carbocycles. The van der Waals surface area contributed by atoms with Crippen LogP contribution in [-0.4, -0.2) is 59.7 Å². The Bertz CT molecular complexity index is 1270. The topological polar surface area (TPSA) is 34.3 Å². The summed E-state index contributed by atoms with van der Waals surface area (Å²) in [5, 5.41) is 4.00. The van der Waals surface area contributed by atoms with Crippen LogP contribution in [-0.2, 0) is 6.42 Å². The molecule has 2 N–H and O–H groups in total. The van der Waals surface area contributed by atoms with Crippen molar-refractivity contribution < 1.29 is 17.6 Å². The van der Waals surface area contributed by atoms with E-state index in [0.717, 1.165) is 41.7 Å². The maximum absolute atomic E-state index is 15.9. The molecule has 1 fully saturated rings. The Morgan fingerprint density at radius 1 is 1.08 bits per heavy atom. The van der Waals surface area contributed by atoms with Crippen LogP contribution in [0.4, 0.5) is 23.2 Å². The van der Waals surface area contributed by atoms with Gasteiger partial charge in [-0.25, -0.2) is 13.2 Å². The van der Waals surface area contributed by atoms with Gasteiger partial charge in [-0.2, -0.15) is 0 Å². The Labute approximate surface area is 222 Å². The van der Waals surface area contributed by atoms with E-state index in [9.17, 15) is 8.78 Å². The lowest BCUT2D eigenvalue weighted by molar-refractivity contribution is 0.0872. The van der Waals surface area contributed by atoms with Gasteiger partial charge < -0.3 is 10.3 Å². The Hall–Kier alpha value is -2.58. The van der Waals surface area contributed by atoms with Crippen LogP contribution in [0, 0.1) is 22.9 Å². The van der Waals surface area contributed by atoms with Gasteiger partial charge in [0.25, 0.3) is 0 Å². The Balaban J connectivity index is 1.52. The van der Waals surface area contributed by atoms with Gasteiger partial charge in [-0.15, -0.1) is 0 Å². The molecular formula is C30H38F4N4. The molecule has 0 radical (unpaired) electrons. The van der Waals surface area contributed by atoms with Gasteiger partial charge in [0.15, 0.2) is 0 Å². The van der Waals surface area contributed by atoms with Gasteiger partial charge >= 0.3 is 0 Å². The summed E-state index contributed by atoms with van der Waals surface area (Å²) in [6.07, 6.45) is 2.09. The molecule has 0 bridgehead atoms. The van der Waals surface area contributed by atoms with Gasteiger partial charge in [0, 0.05) is 60.1 Å². The summed E-state index contributed by atoms with van der Waals surface area (Å²) in [6.45, 7) is 11.0. The summed E-state index contributed by atoms with van der Waals surface area (Å²) >= 11 is 0. The standard InChI is InChI=1S/C30H38F4N4/c1-5-30(3,4)17-38-18(2)11-23-22-12-19(32)7-8-26(22)36-28(23)29(38)27-24(33)13-20(14-25(27)34)35-21-15-37(16-21)10-6-9-31/h7-8,12-14,18,21,29,35-36H,5-6,9-11,15-17H2,1-4H3/t18-,29-/m1/s1. The molecule has 38 heavy (non-hydrogen) atoms. The number of anilines is 1. The number of hydrogen-bond acceptors (Lipinski definition) is 3. The Kier molecular flexibility index (Phi) is 7.48. The van der Waals surface area contributed by atoms with Gasteiger partial charge in [0.05, 0.1) is 18.8 Å². The third-order valence-electron chi connectivity index (χ3n) is 8.43. The van der Waals surface area contributed by atoms with E-state index in [1.165, 1.54) is 24.3 Å². The molecule has 2 aliphatic heterocycles. The minimum atomic E-state index is -0.663. The van der Waals surface area contributed by atoms with Crippen molar-refractivity contribution in [1.29, 1.82) is 0 Å². The zero-order valence-electron chi connectivity index (χ0n) is 22.7. The summed E-state index contributed by atoms with van der Waals surface area (Å²) in [4.78, 5) is 7.71. The van der Waals surface area contributed by atoms with E-state index in [-0.39, 0.29) is 35.6 Å². The molecule has 4 nitrogen and oxygen atoms in total. The predicted molar refractivity (Wildman–Crippen MR) is 145 cm³/mol. The molecule has 0 saturated carbocycles. The van der Waals surface area contributed by atoms with Crippen LogP contribution in [0.5, 0.6) is 0 Å². The highest BCUT2D eigenvalue weighted by Crippen LogP contribution is 2.44. The zero-order chi connectivity index (χ0) is 27.2. The maximum Gasteiger partial charge on any atom is 0.133 e. The van der Waals surface area contributed by atoms with E-state index in [4.69, 9.17) is 0 Å². The second-order valence-electron chi connectivity index (χ2n) is 11.8. The normalized spacial score (nSPS) is 21.1. The van der Waals surface area contributed by atoms with Crippen LogP contribution < -0.4 is 5.32 Å². The van der Waals surface area contributed by atoms with Crippen molar-refractivity contribution >= 4 is 16.6 Å². The van der Waals surface area contributed by atoms with Gasteiger partial charge in [-0.3, -0.25) is 14.2 Å². The average Bonchev–Trinajstić information content (AvgIpc) is 3.18. The number of aromatic nitrogens is 1. The molecule has 0 amide bonds. The van der Waals surface area contributed by atoms with Crippen LogP contribution in [0.2, 0.25) is 0 Å². The van der Waals surface area contributed by atoms with Crippen molar-refractivity contribution in [3.63, 3.8) is 0 Å². The summed E-state index contributed by atoms with van der Waals surface area (Å²) < 4.78 is 58.4. The van der Waals surface area contributed by atoms with E-state index < -0.39 is 17.7 Å². The van der Waals surface area contributed by atoms with Gasteiger partial charge in [0.1, 0.15) is 17.5 Å². The molecule has 3 heterocycles.